The number of esters is 1. The first-order valence-electron chi connectivity index (χ1n) is 6.54. The van der Waals surface area contributed by atoms with E-state index in [9.17, 15) is 4.79 Å². The average molecular weight is 245 g/mol. The molecule has 0 amide bonds. The lowest BCUT2D eigenvalue weighted by Gasteiger charge is -2.26. The first-order chi connectivity index (χ1) is 8.10. The summed E-state index contributed by atoms with van der Waals surface area (Å²) in [5.74, 6) is -0.169. The quantitative estimate of drug-likeness (QED) is 0.473. The number of hydrogen-bond donors (Lipinski definition) is 1. The van der Waals surface area contributed by atoms with Crippen LogP contribution in [-0.4, -0.2) is 38.4 Å². The molecule has 0 aliphatic rings. The Morgan fingerprint density at radius 3 is 2.47 bits per heavy atom. The van der Waals surface area contributed by atoms with Gasteiger partial charge in [-0.1, -0.05) is 6.92 Å². The van der Waals surface area contributed by atoms with Crippen molar-refractivity contribution < 1.29 is 14.3 Å². The number of unbranched alkanes of at least 4 members (excludes halogenated alkanes) is 1. The van der Waals surface area contributed by atoms with Crippen LogP contribution in [0.2, 0.25) is 0 Å². The molecule has 102 valence electrons. The normalized spacial score (nSPS) is 14.4. The summed E-state index contributed by atoms with van der Waals surface area (Å²) in [5.41, 5.74) is -0.569. The van der Waals surface area contributed by atoms with Gasteiger partial charge in [0, 0.05) is 13.2 Å². The molecule has 0 aliphatic carbocycles. The molecule has 0 aromatic carbocycles. The maximum atomic E-state index is 11.7. The molecule has 4 heteroatoms. The molecule has 1 N–H and O–H groups in total. The highest BCUT2D eigenvalue weighted by atomic mass is 16.5. The zero-order valence-electron chi connectivity index (χ0n) is 11.7. The van der Waals surface area contributed by atoms with Gasteiger partial charge in [-0.3, -0.25) is 4.79 Å². The Kier molecular flexibility index (Phi) is 9.09. The second kappa shape index (κ2) is 9.42. The van der Waals surface area contributed by atoms with Crippen LogP contribution in [0.25, 0.3) is 0 Å². The smallest absolute Gasteiger partial charge is 0.326 e. The SMILES string of the molecule is CCCOCCCCC(C)(NC)C(=O)OCC. The Balaban J connectivity index is 3.83. The van der Waals surface area contributed by atoms with Crippen LogP contribution in [0.1, 0.15) is 46.5 Å². The second-order valence-corrected chi connectivity index (χ2v) is 4.37. The fourth-order valence-corrected chi connectivity index (χ4v) is 1.55. The van der Waals surface area contributed by atoms with Gasteiger partial charge in [-0.05, 0) is 46.6 Å². The van der Waals surface area contributed by atoms with Crippen LogP contribution in [0, 0.1) is 0 Å². The molecule has 0 rings (SSSR count). The van der Waals surface area contributed by atoms with Crippen LogP contribution < -0.4 is 5.32 Å². The summed E-state index contributed by atoms with van der Waals surface area (Å²) >= 11 is 0. The van der Waals surface area contributed by atoms with Crippen LogP contribution in [-0.2, 0) is 14.3 Å². The molecular formula is C13H27NO3. The Labute approximate surface area is 105 Å². The van der Waals surface area contributed by atoms with Crippen molar-refractivity contribution in [3.8, 4) is 0 Å². The topological polar surface area (TPSA) is 47.6 Å². The molecule has 0 heterocycles. The van der Waals surface area contributed by atoms with Crippen LogP contribution in [0.3, 0.4) is 0 Å². The lowest BCUT2D eigenvalue weighted by atomic mass is 9.95. The number of likely N-dealkylation sites (N-methyl/N-ethyl adjacent to an activating group) is 1. The van der Waals surface area contributed by atoms with Gasteiger partial charge in [-0.2, -0.15) is 0 Å². The predicted molar refractivity (Wildman–Crippen MR) is 69.1 cm³/mol. The zero-order valence-corrected chi connectivity index (χ0v) is 11.7. The highest BCUT2D eigenvalue weighted by molar-refractivity contribution is 5.80. The Morgan fingerprint density at radius 1 is 1.24 bits per heavy atom. The molecule has 0 fully saturated rings. The molecule has 1 atom stereocenters. The van der Waals surface area contributed by atoms with E-state index in [1.165, 1.54) is 0 Å². The summed E-state index contributed by atoms with van der Waals surface area (Å²) in [5, 5.41) is 3.05. The van der Waals surface area contributed by atoms with E-state index in [1.54, 1.807) is 7.05 Å². The van der Waals surface area contributed by atoms with Gasteiger partial charge in [0.1, 0.15) is 5.54 Å². The molecular weight excluding hydrogens is 218 g/mol. The Bertz CT molecular complexity index is 209. The van der Waals surface area contributed by atoms with Gasteiger partial charge in [-0.25, -0.2) is 0 Å². The Morgan fingerprint density at radius 2 is 1.94 bits per heavy atom. The summed E-state index contributed by atoms with van der Waals surface area (Å²) in [7, 11) is 1.80. The third-order valence-electron chi connectivity index (χ3n) is 2.84. The van der Waals surface area contributed by atoms with Crippen LogP contribution in [0.4, 0.5) is 0 Å². The van der Waals surface area contributed by atoms with Gasteiger partial charge in [-0.15, -0.1) is 0 Å². The van der Waals surface area contributed by atoms with E-state index in [2.05, 4.69) is 12.2 Å². The van der Waals surface area contributed by atoms with Gasteiger partial charge in [0.25, 0.3) is 0 Å². The Hall–Kier alpha value is -0.610. The number of ether oxygens (including phenoxy) is 2. The zero-order chi connectivity index (χ0) is 13.1. The van der Waals surface area contributed by atoms with Crippen molar-refractivity contribution in [3.05, 3.63) is 0 Å². The van der Waals surface area contributed by atoms with E-state index < -0.39 is 5.54 Å². The van der Waals surface area contributed by atoms with Crippen LogP contribution in [0.5, 0.6) is 0 Å². The first-order valence-corrected chi connectivity index (χ1v) is 6.54. The number of carbonyl (C=O) groups is 1. The summed E-state index contributed by atoms with van der Waals surface area (Å²) < 4.78 is 10.5. The van der Waals surface area contributed by atoms with Crippen molar-refractivity contribution in [1.82, 2.24) is 5.32 Å². The lowest BCUT2D eigenvalue weighted by molar-refractivity contribution is -0.150. The first kappa shape index (κ1) is 16.4. The number of carbonyl (C=O) groups excluding carboxylic acids is 1. The minimum Gasteiger partial charge on any atom is -0.465 e. The molecule has 0 saturated heterocycles. The summed E-state index contributed by atoms with van der Waals surface area (Å²) in [6, 6.07) is 0. The minimum absolute atomic E-state index is 0.169. The third kappa shape index (κ3) is 6.64. The molecule has 0 aromatic heterocycles. The van der Waals surface area contributed by atoms with Gasteiger partial charge < -0.3 is 14.8 Å². The predicted octanol–water partition coefficient (Wildman–Crippen LogP) is 2.12. The largest absolute Gasteiger partial charge is 0.465 e. The molecule has 0 aromatic rings. The van der Waals surface area contributed by atoms with Gasteiger partial charge in [0.2, 0.25) is 0 Å². The van der Waals surface area contributed by atoms with Crippen molar-refractivity contribution in [2.45, 2.75) is 52.0 Å². The summed E-state index contributed by atoms with van der Waals surface area (Å²) in [4.78, 5) is 11.7. The fourth-order valence-electron chi connectivity index (χ4n) is 1.55. The van der Waals surface area contributed by atoms with E-state index in [4.69, 9.17) is 9.47 Å². The van der Waals surface area contributed by atoms with Crippen molar-refractivity contribution in [3.63, 3.8) is 0 Å². The van der Waals surface area contributed by atoms with E-state index in [-0.39, 0.29) is 5.97 Å². The van der Waals surface area contributed by atoms with E-state index in [0.717, 1.165) is 38.9 Å². The molecule has 17 heavy (non-hydrogen) atoms. The van der Waals surface area contributed by atoms with Crippen molar-refractivity contribution >= 4 is 5.97 Å². The van der Waals surface area contributed by atoms with Crippen molar-refractivity contribution in [1.29, 1.82) is 0 Å². The molecule has 1 unspecified atom stereocenters. The fraction of sp³-hybridized carbons (Fsp3) is 0.923. The highest BCUT2D eigenvalue weighted by Crippen LogP contribution is 2.15. The highest BCUT2D eigenvalue weighted by Gasteiger charge is 2.31. The third-order valence-corrected chi connectivity index (χ3v) is 2.84. The van der Waals surface area contributed by atoms with E-state index >= 15 is 0 Å². The molecule has 0 radical (unpaired) electrons. The number of nitrogens with one attached hydrogen (secondary N) is 1. The minimum atomic E-state index is -0.569. The maximum Gasteiger partial charge on any atom is 0.326 e. The monoisotopic (exact) mass is 245 g/mol. The summed E-state index contributed by atoms with van der Waals surface area (Å²) in [6.07, 6.45) is 3.77. The lowest BCUT2D eigenvalue weighted by Crippen LogP contribution is -2.48. The van der Waals surface area contributed by atoms with E-state index in [1.807, 2.05) is 13.8 Å². The second-order valence-electron chi connectivity index (χ2n) is 4.37. The molecule has 4 nitrogen and oxygen atoms in total. The van der Waals surface area contributed by atoms with Crippen molar-refractivity contribution in [2.24, 2.45) is 0 Å². The molecule has 0 bridgehead atoms. The average Bonchev–Trinajstić information content (AvgIpc) is 2.33. The van der Waals surface area contributed by atoms with Gasteiger partial charge in [0.15, 0.2) is 0 Å². The van der Waals surface area contributed by atoms with Crippen LogP contribution in [0.15, 0.2) is 0 Å². The van der Waals surface area contributed by atoms with Crippen LogP contribution >= 0.6 is 0 Å². The van der Waals surface area contributed by atoms with Crippen molar-refractivity contribution in [2.75, 3.05) is 26.9 Å². The standard InChI is InChI=1S/C13H27NO3/c1-5-10-16-11-8-7-9-13(3,14-4)12(15)17-6-2/h14H,5-11H2,1-4H3. The van der Waals surface area contributed by atoms with Gasteiger partial charge in [0.05, 0.1) is 6.61 Å². The molecule has 0 saturated carbocycles. The summed E-state index contributed by atoms with van der Waals surface area (Å²) in [6.45, 7) is 7.83. The van der Waals surface area contributed by atoms with E-state index in [0.29, 0.717) is 6.61 Å². The molecule has 0 aliphatic heterocycles. The number of hydrogen-bond acceptors (Lipinski definition) is 4. The number of rotatable bonds is 10. The maximum absolute atomic E-state index is 11.7. The van der Waals surface area contributed by atoms with Gasteiger partial charge >= 0.3 is 5.97 Å². The molecule has 0 spiro atoms.